The molecule has 1 fully saturated rings. The van der Waals surface area contributed by atoms with Crippen LogP contribution in [0.2, 0.25) is 0 Å². The van der Waals surface area contributed by atoms with E-state index in [1.165, 1.54) is 12.1 Å². The van der Waals surface area contributed by atoms with Crippen LogP contribution in [-0.2, 0) is 4.74 Å². The molecule has 1 aliphatic heterocycles. The number of benzene rings is 3. The quantitative estimate of drug-likeness (QED) is 0.233. The van der Waals surface area contributed by atoms with Crippen molar-refractivity contribution in [2.75, 3.05) is 6.61 Å². The van der Waals surface area contributed by atoms with Gasteiger partial charge < -0.3 is 9.47 Å². The van der Waals surface area contributed by atoms with Gasteiger partial charge >= 0.3 is 0 Å². The Bertz CT molecular complexity index is 1190. The van der Waals surface area contributed by atoms with Gasteiger partial charge in [-0.2, -0.15) is 4.39 Å². The maximum Gasteiger partial charge on any atom is 0.269 e. The van der Waals surface area contributed by atoms with Crippen molar-refractivity contribution in [3.8, 4) is 16.9 Å². The third kappa shape index (κ3) is 5.51. The van der Waals surface area contributed by atoms with E-state index in [0.29, 0.717) is 30.2 Å². The van der Waals surface area contributed by atoms with Gasteiger partial charge in [-0.3, -0.25) is 0 Å². The van der Waals surface area contributed by atoms with Crippen LogP contribution in [0.5, 0.6) is 5.75 Å². The van der Waals surface area contributed by atoms with E-state index in [9.17, 15) is 30.7 Å². The Morgan fingerprint density at radius 1 is 0.861 bits per heavy atom. The van der Waals surface area contributed by atoms with Crippen LogP contribution in [0.4, 0.5) is 30.7 Å². The van der Waals surface area contributed by atoms with E-state index in [0.717, 1.165) is 37.8 Å². The van der Waals surface area contributed by atoms with Crippen molar-refractivity contribution in [3.63, 3.8) is 0 Å². The largest absolute Gasteiger partial charge is 0.456 e. The van der Waals surface area contributed by atoms with Gasteiger partial charge in [0.2, 0.25) is 0 Å². The van der Waals surface area contributed by atoms with Crippen LogP contribution in [0.3, 0.4) is 0 Å². The molecular formula is C27H23F7O2. The van der Waals surface area contributed by atoms with Crippen LogP contribution in [0.1, 0.15) is 56.2 Å². The zero-order valence-electron chi connectivity index (χ0n) is 19.3. The molecule has 3 unspecified atom stereocenters. The third-order valence-electron chi connectivity index (χ3n) is 6.25. The Morgan fingerprint density at radius 3 is 2.08 bits per heavy atom. The van der Waals surface area contributed by atoms with Crippen molar-refractivity contribution in [2.24, 2.45) is 5.92 Å². The number of alkyl halides is 1. The van der Waals surface area contributed by atoms with Crippen LogP contribution in [0.25, 0.3) is 11.1 Å². The standard InChI is InChI=1S/C27H23F7O2/c1-2-3-14-4-7-24(35-13-14)15-5-6-18(19(28)8-15)16-9-20(29)25(21(30)10-16)27(34)36-17-11-22(31)26(33)23(32)12-17/h5-6,8-12,14,24,27H,2-4,7,13H2,1H3. The summed E-state index contributed by atoms with van der Waals surface area (Å²) < 4.78 is 109. The summed E-state index contributed by atoms with van der Waals surface area (Å²) in [6.07, 6.45) is 0.741. The second-order valence-corrected chi connectivity index (χ2v) is 8.78. The van der Waals surface area contributed by atoms with Crippen LogP contribution >= 0.6 is 0 Å². The van der Waals surface area contributed by atoms with Gasteiger partial charge in [0.1, 0.15) is 23.2 Å². The summed E-state index contributed by atoms with van der Waals surface area (Å²) >= 11 is 0. The Morgan fingerprint density at radius 2 is 1.53 bits per heavy atom. The van der Waals surface area contributed by atoms with Crippen LogP contribution in [0.15, 0.2) is 42.5 Å². The molecule has 4 rings (SSSR count). The van der Waals surface area contributed by atoms with Crippen molar-refractivity contribution < 1.29 is 40.2 Å². The topological polar surface area (TPSA) is 18.5 Å². The lowest BCUT2D eigenvalue weighted by Gasteiger charge is -2.29. The second-order valence-electron chi connectivity index (χ2n) is 8.78. The molecule has 3 aromatic carbocycles. The number of hydrogen-bond acceptors (Lipinski definition) is 2. The highest BCUT2D eigenvalue weighted by Gasteiger charge is 2.26. The van der Waals surface area contributed by atoms with E-state index in [1.54, 1.807) is 6.07 Å². The van der Waals surface area contributed by atoms with E-state index in [4.69, 9.17) is 4.74 Å². The van der Waals surface area contributed by atoms with Crippen molar-refractivity contribution >= 4 is 0 Å². The molecule has 2 nitrogen and oxygen atoms in total. The molecule has 0 aliphatic carbocycles. The molecule has 0 saturated carbocycles. The number of rotatable bonds is 7. The summed E-state index contributed by atoms with van der Waals surface area (Å²) in [4.78, 5) is 0. The summed E-state index contributed by atoms with van der Waals surface area (Å²) in [5, 5.41) is 0. The lowest BCUT2D eigenvalue weighted by Crippen LogP contribution is -2.20. The molecule has 0 N–H and O–H groups in total. The third-order valence-corrected chi connectivity index (χ3v) is 6.25. The van der Waals surface area contributed by atoms with Crippen molar-refractivity contribution in [1.82, 2.24) is 0 Å². The first-order valence-corrected chi connectivity index (χ1v) is 11.5. The van der Waals surface area contributed by atoms with Gasteiger partial charge in [-0.1, -0.05) is 25.5 Å². The zero-order chi connectivity index (χ0) is 26.0. The maximum atomic E-state index is 14.9. The highest BCUT2D eigenvalue weighted by atomic mass is 19.2. The Hall–Kier alpha value is -3.07. The molecule has 0 radical (unpaired) electrons. The molecule has 0 amide bonds. The van der Waals surface area contributed by atoms with Gasteiger partial charge in [-0.25, -0.2) is 26.3 Å². The summed E-state index contributed by atoms with van der Waals surface area (Å²) in [5.41, 5.74) is -0.865. The SMILES string of the molecule is CCCC1CCC(c2ccc(-c3cc(F)c(C(F)Oc4cc(F)c(F)c(F)c4)c(F)c3)c(F)c2)OC1. The van der Waals surface area contributed by atoms with Gasteiger partial charge in [0, 0.05) is 17.7 Å². The average Bonchev–Trinajstić information content (AvgIpc) is 2.82. The van der Waals surface area contributed by atoms with E-state index in [-0.39, 0.29) is 17.2 Å². The predicted octanol–water partition coefficient (Wildman–Crippen LogP) is 8.50. The molecule has 0 aromatic heterocycles. The minimum atomic E-state index is -2.81. The number of ether oxygens (including phenoxy) is 2. The summed E-state index contributed by atoms with van der Waals surface area (Å²) in [6.45, 7) is 2.69. The van der Waals surface area contributed by atoms with E-state index >= 15 is 0 Å². The second kappa shape index (κ2) is 10.9. The smallest absolute Gasteiger partial charge is 0.269 e. The minimum Gasteiger partial charge on any atom is -0.456 e. The highest BCUT2D eigenvalue weighted by Crippen LogP contribution is 2.36. The molecule has 0 spiro atoms. The minimum absolute atomic E-state index is 0.109. The van der Waals surface area contributed by atoms with Crippen LogP contribution in [-0.4, -0.2) is 6.61 Å². The normalized spacial score (nSPS) is 18.8. The van der Waals surface area contributed by atoms with Crippen LogP contribution in [0, 0.1) is 40.8 Å². The first-order valence-electron chi connectivity index (χ1n) is 11.5. The molecule has 3 atom stereocenters. The lowest BCUT2D eigenvalue weighted by molar-refractivity contribution is -0.0195. The Labute approximate surface area is 203 Å². The molecule has 0 bridgehead atoms. The highest BCUT2D eigenvalue weighted by molar-refractivity contribution is 5.65. The maximum absolute atomic E-state index is 14.9. The van der Waals surface area contributed by atoms with Crippen molar-refractivity contribution in [1.29, 1.82) is 0 Å². The first kappa shape index (κ1) is 26.0. The van der Waals surface area contributed by atoms with Gasteiger partial charge in [-0.15, -0.1) is 0 Å². The fourth-order valence-electron chi connectivity index (χ4n) is 4.41. The van der Waals surface area contributed by atoms with Gasteiger partial charge in [0.05, 0.1) is 18.3 Å². The molecule has 3 aromatic rings. The van der Waals surface area contributed by atoms with Crippen molar-refractivity contribution in [2.45, 2.75) is 45.1 Å². The van der Waals surface area contributed by atoms with Crippen LogP contribution < -0.4 is 4.74 Å². The fourth-order valence-corrected chi connectivity index (χ4v) is 4.41. The average molecular weight is 512 g/mol. The summed E-state index contributed by atoms with van der Waals surface area (Å²) in [5.74, 6) is -8.99. The Balaban J connectivity index is 1.53. The van der Waals surface area contributed by atoms with E-state index in [2.05, 4.69) is 11.7 Å². The molecular weight excluding hydrogens is 489 g/mol. The number of halogens is 7. The van der Waals surface area contributed by atoms with Gasteiger partial charge in [-0.05, 0) is 54.5 Å². The molecule has 1 aliphatic rings. The van der Waals surface area contributed by atoms with Gasteiger partial charge in [0.25, 0.3) is 6.36 Å². The molecule has 1 saturated heterocycles. The number of hydrogen-bond donors (Lipinski definition) is 0. The fraction of sp³-hybridized carbons (Fsp3) is 0.333. The summed E-state index contributed by atoms with van der Waals surface area (Å²) in [7, 11) is 0. The predicted molar refractivity (Wildman–Crippen MR) is 119 cm³/mol. The van der Waals surface area contributed by atoms with Gasteiger partial charge in [0.15, 0.2) is 17.5 Å². The summed E-state index contributed by atoms with van der Waals surface area (Å²) in [6, 6.07) is 6.37. The lowest BCUT2D eigenvalue weighted by atomic mass is 9.91. The molecule has 192 valence electrons. The first-order chi connectivity index (χ1) is 17.2. The van der Waals surface area contributed by atoms with E-state index in [1.807, 2.05) is 0 Å². The Kier molecular flexibility index (Phi) is 7.88. The zero-order valence-corrected chi connectivity index (χ0v) is 19.3. The molecule has 36 heavy (non-hydrogen) atoms. The van der Waals surface area contributed by atoms with Crippen molar-refractivity contribution in [3.05, 3.63) is 88.5 Å². The monoisotopic (exact) mass is 512 g/mol. The molecule has 1 heterocycles. The van der Waals surface area contributed by atoms with E-state index < -0.39 is 52.6 Å². The molecule has 9 heteroatoms.